The van der Waals surface area contributed by atoms with Gasteiger partial charge in [-0.25, -0.2) is 4.68 Å². The third kappa shape index (κ3) is 3.29. The first-order chi connectivity index (χ1) is 14.8. The molecule has 0 bridgehead atoms. The summed E-state index contributed by atoms with van der Waals surface area (Å²) in [6.07, 6.45) is 1.28. The Balaban J connectivity index is 1.80. The Morgan fingerprint density at radius 2 is 1.81 bits per heavy atom. The van der Waals surface area contributed by atoms with Gasteiger partial charge >= 0.3 is 0 Å². The minimum absolute atomic E-state index is 0.115. The van der Waals surface area contributed by atoms with Crippen molar-refractivity contribution in [1.82, 2.24) is 9.78 Å². The molecule has 0 unspecified atom stereocenters. The third-order valence-corrected chi connectivity index (χ3v) is 7.00. The summed E-state index contributed by atoms with van der Waals surface area (Å²) in [7, 11) is 0. The highest BCUT2D eigenvalue weighted by Gasteiger charge is 2.43. The van der Waals surface area contributed by atoms with E-state index >= 15 is 0 Å². The topological polar surface area (TPSA) is 46.9 Å². The van der Waals surface area contributed by atoms with E-state index in [4.69, 9.17) is 28.3 Å². The van der Waals surface area contributed by atoms with Crippen LogP contribution in [0.15, 0.2) is 59.8 Å². The van der Waals surface area contributed by atoms with Crippen molar-refractivity contribution in [2.45, 2.75) is 39.5 Å². The van der Waals surface area contributed by atoms with Crippen molar-refractivity contribution in [2.24, 2.45) is 5.41 Å². The number of aromatic nitrogens is 2. The van der Waals surface area contributed by atoms with Crippen molar-refractivity contribution in [3.63, 3.8) is 0 Å². The Hall–Kier alpha value is -2.56. The molecule has 1 atom stereocenters. The molecule has 0 amide bonds. The minimum Gasteiger partial charge on any atom is -0.343 e. The monoisotopic (exact) mass is 451 g/mol. The summed E-state index contributed by atoms with van der Waals surface area (Å²) in [5.74, 6) is 0.727. The van der Waals surface area contributed by atoms with Gasteiger partial charge in [-0.2, -0.15) is 5.10 Å². The molecule has 1 aliphatic carbocycles. The molecule has 0 saturated heterocycles. The summed E-state index contributed by atoms with van der Waals surface area (Å²) >= 11 is 13.1. The van der Waals surface area contributed by atoms with Crippen LogP contribution in [0, 0.1) is 12.3 Å². The second-order valence-electron chi connectivity index (χ2n) is 9.13. The number of nitrogens with one attached hydrogen (secondary N) is 1. The summed E-state index contributed by atoms with van der Waals surface area (Å²) in [5.41, 5.74) is 5.25. The molecule has 0 saturated carbocycles. The van der Waals surface area contributed by atoms with Crippen LogP contribution >= 0.6 is 23.2 Å². The number of nitrogens with zero attached hydrogens (tertiary/aromatic N) is 2. The number of allylic oxidation sites excluding steroid dienone is 2. The first-order valence-corrected chi connectivity index (χ1v) is 11.1. The highest BCUT2D eigenvalue weighted by Crippen LogP contribution is 2.51. The van der Waals surface area contributed by atoms with E-state index in [1.807, 2.05) is 54.1 Å². The average molecular weight is 452 g/mol. The molecular formula is C25H23Cl2N3O. The Labute approximate surface area is 191 Å². The third-order valence-electron chi connectivity index (χ3n) is 6.17. The second kappa shape index (κ2) is 7.25. The standard InChI is InChI=1S/C25H23Cl2N3O/c1-14-20-21(16-10-7-11-17(26)23(16)27)22-18(12-25(2,3)13-19(22)31)28-24(20)30(29-14)15-8-5-4-6-9-15/h4-11,21,28H,12-13H2,1-3H3/t21-/m1/s1. The fraction of sp³-hybridized carbons (Fsp3) is 0.280. The van der Waals surface area contributed by atoms with Gasteiger partial charge in [-0.3, -0.25) is 4.79 Å². The largest absolute Gasteiger partial charge is 0.343 e. The van der Waals surface area contributed by atoms with Crippen LogP contribution in [0.4, 0.5) is 5.82 Å². The van der Waals surface area contributed by atoms with Crippen molar-refractivity contribution >= 4 is 34.8 Å². The van der Waals surface area contributed by atoms with Gasteiger partial charge in [0.1, 0.15) is 5.82 Å². The van der Waals surface area contributed by atoms with Crippen molar-refractivity contribution in [1.29, 1.82) is 0 Å². The van der Waals surface area contributed by atoms with Crippen LogP contribution in [0.25, 0.3) is 5.69 Å². The van der Waals surface area contributed by atoms with Gasteiger partial charge in [-0.1, -0.05) is 67.4 Å². The number of para-hydroxylation sites is 1. The van der Waals surface area contributed by atoms with Crippen molar-refractivity contribution in [2.75, 3.05) is 5.32 Å². The number of carbonyl (C=O) groups excluding carboxylic acids is 1. The van der Waals surface area contributed by atoms with E-state index in [9.17, 15) is 4.79 Å². The number of rotatable bonds is 2. The lowest BCUT2D eigenvalue weighted by Crippen LogP contribution is -2.34. The highest BCUT2D eigenvalue weighted by atomic mass is 35.5. The number of aryl methyl sites for hydroxylation is 1. The smallest absolute Gasteiger partial charge is 0.162 e. The van der Waals surface area contributed by atoms with E-state index in [0.717, 1.165) is 46.0 Å². The lowest BCUT2D eigenvalue weighted by atomic mass is 9.69. The lowest BCUT2D eigenvalue weighted by Gasteiger charge is -2.39. The fourth-order valence-corrected chi connectivity index (χ4v) is 5.30. The molecule has 158 valence electrons. The molecule has 4 nitrogen and oxygen atoms in total. The summed E-state index contributed by atoms with van der Waals surface area (Å²) < 4.78 is 1.92. The molecule has 6 heteroatoms. The number of hydrogen-bond acceptors (Lipinski definition) is 3. The molecule has 1 aliphatic heterocycles. The molecule has 0 spiro atoms. The zero-order valence-electron chi connectivity index (χ0n) is 17.7. The van der Waals surface area contributed by atoms with E-state index in [0.29, 0.717) is 16.5 Å². The Bertz CT molecular complexity index is 1240. The van der Waals surface area contributed by atoms with Crippen molar-refractivity contribution < 1.29 is 4.79 Å². The number of benzene rings is 2. The summed E-state index contributed by atoms with van der Waals surface area (Å²) in [6, 6.07) is 15.6. The number of Topliss-reactive ketones (excluding diaryl/α,β-unsaturated/α-hetero) is 1. The van der Waals surface area contributed by atoms with Crippen LogP contribution in [0.2, 0.25) is 10.0 Å². The van der Waals surface area contributed by atoms with Gasteiger partial charge < -0.3 is 5.32 Å². The molecule has 2 aromatic carbocycles. The Morgan fingerprint density at radius 1 is 1.06 bits per heavy atom. The number of hydrogen-bond donors (Lipinski definition) is 1. The van der Waals surface area contributed by atoms with Crippen molar-refractivity contribution in [3.8, 4) is 5.69 Å². The van der Waals surface area contributed by atoms with E-state index in [2.05, 4.69) is 19.2 Å². The number of ketones is 1. The molecule has 1 aromatic heterocycles. The highest BCUT2D eigenvalue weighted by molar-refractivity contribution is 6.42. The number of carbonyl (C=O) groups is 1. The molecule has 3 aromatic rings. The molecule has 31 heavy (non-hydrogen) atoms. The first kappa shape index (κ1) is 20.3. The van der Waals surface area contributed by atoms with E-state index in [-0.39, 0.29) is 17.1 Å². The van der Waals surface area contributed by atoms with Crippen LogP contribution in [0.3, 0.4) is 0 Å². The average Bonchev–Trinajstić information content (AvgIpc) is 3.05. The predicted octanol–water partition coefficient (Wildman–Crippen LogP) is 6.69. The zero-order valence-corrected chi connectivity index (χ0v) is 19.2. The van der Waals surface area contributed by atoms with Crippen LogP contribution in [0.5, 0.6) is 0 Å². The molecular weight excluding hydrogens is 429 g/mol. The van der Waals surface area contributed by atoms with Crippen LogP contribution < -0.4 is 5.32 Å². The molecule has 0 radical (unpaired) electrons. The maximum absolute atomic E-state index is 13.4. The number of anilines is 1. The zero-order chi connectivity index (χ0) is 21.9. The van der Waals surface area contributed by atoms with Gasteiger partial charge in [0.05, 0.1) is 21.4 Å². The van der Waals surface area contributed by atoms with Gasteiger partial charge in [-0.05, 0) is 42.5 Å². The maximum atomic E-state index is 13.4. The Morgan fingerprint density at radius 3 is 2.55 bits per heavy atom. The summed E-state index contributed by atoms with van der Waals surface area (Å²) in [5, 5.41) is 9.41. The number of halogens is 2. The maximum Gasteiger partial charge on any atom is 0.162 e. The van der Waals surface area contributed by atoms with Gasteiger partial charge in [0.15, 0.2) is 5.78 Å². The van der Waals surface area contributed by atoms with Crippen molar-refractivity contribution in [3.05, 3.63) is 86.7 Å². The number of fused-ring (bicyclic) bond motifs is 1. The summed E-state index contributed by atoms with van der Waals surface area (Å²) in [6.45, 7) is 6.24. The minimum atomic E-state index is -0.307. The van der Waals surface area contributed by atoms with Gasteiger partial charge in [0, 0.05) is 29.2 Å². The van der Waals surface area contributed by atoms with Gasteiger partial charge in [0.2, 0.25) is 0 Å². The lowest BCUT2D eigenvalue weighted by molar-refractivity contribution is -0.118. The second-order valence-corrected chi connectivity index (χ2v) is 9.91. The summed E-state index contributed by atoms with van der Waals surface area (Å²) in [4.78, 5) is 13.4. The van der Waals surface area contributed by atoms with E-state index < -0.39 is 0 Å². The van der Waals surface area contributed by atoms with Crippen LogP contribution in [-0.4, -0.2) is 15.6 Å². The Kier molecular flexibility index (Phi) is 4.76. The van der Waals surface area contributed by atoms with E-state index in [1.165, 1.54) is 0 Å². The first-order valence-electron chi connectivity index (χ1n) is 10.4. The normalized spacial score (nSPS) is 19.6. The van der Waals surface area contributed by atoms with Crippen LogP contribution in [-0.2, 0) is 4.79 Å². The molecule has 1 N–H and O–H groups in total. The van der Waals surface area contributed by atoms with E-state index in [1.54, 1.807) is 6.07 Å². The molecule has 0 fully saturated rings. The predicted molar refractivity (Wildman–Crippen MR) is 125 cm³/mol. The molecule has 2 heterocycles. The molecule has 5 rings (SSSR count). The SMILES string of the molecule is Cc1nn(-c2ccccc2)c2c1[C@@H](c1cccc(Cl)c1Cl)C1=C(CC(C)(C)CC1=O)N2. The van der Waals surface area contributed by atoms with Crippen LogP contribution in [0.1, 0.15) is 49.4 Å². The van der Waals surface area contributed by atoms with Gasteiger partial charge in [-0.15, -0.1) is 0 Å². The fourth-order valence-electron chi connectivity index (χ4n) is 4.88. The quantitative estimate of drug-likeness (QED) is 0.471. The van der Waals surface area contributed by atoms with Gasteiger partial charge in [0.25, 0.3) is 0 Å². The molecule has 2 aliphatic rings.